The molecule has 78 valence electrons. The van der Waals surface area contributed by atoms with Crippen LogP contribution in [0.15, 0.2) is 0 Å². The number of hydrogen-bond acceptors (Lipinski definition) is 2. The Morgan fingerprint density at radius 1 is 1.31 bits per heavy atom. The summed E-state index contributed by atoms with van der Waals surface area (Å²) >= 11 is 0. The van der Waals surface area contributed by atoms with Gasteiger partial charge in [-0.15, -0.1) is 0 Å². The molecule has 1 rings (SSSR count). The quantitative estimate of drug-likeness (QED) is 0.705. The molecule has 0 aromatic rings. The van der Waals surface area contributed by atoms with E-state index in [1.165, 1.54) is 0 Å². The van der Waals surface area contributed by atoms with E-state index in [9.17, 15) is 10.2 Å². The molecule has 1 aliphatic rings. The summed E-state index contributed by atoms with van der Waals surface area (Å²) in [5.41, 5.74) is -0.769. The van der Waals surface area contributed by atoms with Crippen LogP contribution < -0.4 is 0 Å². The number of rotatable bonds is 4. The highest BCUT2D eigenvalue weighted by Crippen LogP contribution is 2.35. The third-order valence-electron chi connectivity index (χ3n) is 3.30. The topological polar surface area (TPSA) is 40.5 Å². The summed E-state index contributed by atoms with van der Waals surface area (Å²) < 4.78 is 0. The molecule has 2 nitrogen and oxygen atoms in total. The maximum absolute atomic E-state index is 10.1. The standard InChI is InChI=1S/C11H22O2/c1-3-6-9(2)10(12)11(13)7-4-5-8-11/h9-10,12-13H,3-8H2,1-2H3. The second kappa shape index (κ2) is 4.43. The van der Waals surface area contributed by atoms with Crippen molar-refractivity contribution in [3.63, 3.8) is 0 Å². The molecule has 2 unspecified atom stereocenters. The molecule has 2 N–H and O–H groups in total. The van der Waals surface area contributed by atoms with Crippen LogP contribution in [-0.2, 0) is 0 Å². The molecule has 0 radical (unpaired) electrons. The Morgan fingerprint density at radius 2 is 1.85 bits per heavy atom. The molecular weight excluding hydrogens is 164 g/mol. The SMILES string of the molecule is CCCC(C)C(O)C1(O)CCCC1. The van der Waals surface area contributed by atoms with Gasteiger partial charge >= 0.3 is 0 Å². The van der Waals surface area contributed by atoms with E-state index in [-0.39, 0.29) is 5.92 Å². The summed E-state index contributed by atoms with van der Waals surface area (Å²) in [5, 5.41) is 20.1. The zero-order chi connectivity index (χ0) is 9.90. The van der Waals surface area contributed by atoms with E-state index in [4.69, 9.17) is 0 Å². The molecule has 1 aliphatic carbocycles. The Morgan fingerprint density at radius 3 is 2.31 bits per heavy atom. The van der Waals surface area contributed by atoms with Crippen molar-refractivity contribution in [3.05, 3.63) is 0 Å². The van der Waals surface area contributed by atoms with Crippen LogP contribution in [0.2, 0.25) is 0 Å². The van der Waals surface area contributed by atoms with Crippen LogP contribution in [-0.4, -0.2) is 21.9 Å². The lowest BCUT2D eigenvalue weighted by molar-refractivity contribution is -0.0941. The first kappa shape index (κ1) is 11.0. The van der Waals surface area contributed by atoms with Crippen LogP contribution >= 0.6 is 0 Å². The smallest absolute Gasteiger partial charge is 0.0908 e. The second-order valence-corrected chi connectivity index (χ2v) is 4.52. The van der Waals surface area contributed by atoms with Gasteiger partial charge in [-0.05, 0) is 25.2 Å². The van der Waals surface area contributed by atoms with Gasteiger partial charge in [0.05, 0.1) is 11.7 Å². The van der Waals surface area contributed by atoms with Gasteiger partial charge in [0.1, 0.15) is 0 Å². The maximum atomic E-state index is 10.1. The molecule has 2 atom stereocenters. The summed E-state index contributed by atoms with van der Waals surface area (Å²) in [6, 6.07) is 0. The Labute approximate surface area is 81.0 Å². The monoisotopic (exact) mass is 186 g/mol. The first-order chi connectivity index (χ1) is 6.10. The number of hydrogen-bond donors (Lipinski definition) is 2. The van der Waals surface area contributed by atoms with Gasteiger partial charge in [-0.3, -0.25) is 0 Å². The molecule has 0 heterocycles. The fourth-order valence-corrected chi connectivity index (χ4v) is 2.43. The molecule has 1 saturated carbocycles. The summed E-state index contributed by atoms with van der Waals surface area (Å²) in [6.45, 7) is 4.15. The highest BCUT2D eigenvalue weighted by molar-refractivity contribution is 4.92. The van der Waals surface area contributed by atoms with Crippen molar-refractivity contribution in [1.82, 2.24) is 0 Å². The Bertz CT molecular complexity index is 150. The molecule has 1 fully saturated rings. The number of aliphatic hydroxyl groups is 2. The van der Waals surface area contributed by atoms with Gasteiger partial charge in [-0.1, -0.05) is 33.1 Å². The predicted molar refractivity (Wildman–Crippen MR) is 53.5 cm³/mol. The van der Waals surface area contributed by atoms with Crippen molar-refractivity contribution in [2.75, 3.05) is 0 Å². The molecule has 0 bridgehead atoms. The van der Waals surface area contributed by atoms with Gasteiger partial charge < -0.3 is 10.2 Å². The van der Waals surface area contributed by atoms with E-state index in [2.05, 4.69) is 6.92 Å². The van der Waals surface area contributed by atoms with Crippen LogP contribution in [0.3, 0.4) is 0 Å². The third kappa shape index (κ3) is 2.44. The average Bonchev–Trinajstić information content (AvgIpc) is 2.52. The van der Waals surface area contributed by atoms with Gasteiger partial charge in [0, 0.05) is 0 Å². The second-order valence-electron chi connectivity index (χ2n) is 4.52. The first-order valence-corrected chi connectivity index (χ1v) is 5.50. The molecular formula is C11H22O2. The predicted octanol–water partition coefficient (Wildman–Crippen LogP) is 2.09. The third-order valence-corrected chi connectivity index (χ3v) is 3.30. The molecule has 0 aliphatic heterocycles. The summed E-state index contributed by atoms with van der Waals surface area (Å²) in [4.78, 5) is 0. The van der Waals surface area contributed by atoms with Crippen molar-refractivity contribution in [3.8, 4) is 0 Å². The fourth-order valence-electron chi connectivity index (χ4n) is 2.43. The number of aliphatic hydroxyl groups excluding tert-OH is 1. The van der Waals surface area contributed by atoms with E-state index < -0.39 is 11.7 Å². The minimum atomic E-state index is -0.769. The minimum Gasteiger partial charge on any atom is -0.390 e. The minimum absolute atomic E-state index is 0.230. The van der Waals surface area contributed by atoms with Gasteiger partial charge in [-0.2, -0.15) is 0 Å². The molecule has 0 aromatic heterocycles. The molecule has 0 spiro atoms. The average molecular weight is 186 g/mol. The fraction of sp³-hybridized carbons (Fsp3) is 1.00. The van der Waals surface area contributed by atoms with Crippen molar-refractivity contribution in [1.29, 1.82) is 0 Å². The normalized spacial score (nSPS) is 25.8. The lowest BCUT2D eigenvalue weighted by atomic mass is 9.84. The van der Waals surface area contributed by atoms with E-state index in [1.54, 1.807) is 0 Å². The van der Waals surface area contributed by atoms with Crippen LogP contribution in [0.5, 0.6) is 0 Å². The largest absolute Gasteiger partial charge is 0.390 e. The van der Waals surface area contributed by atoms with Crippen molar-refractivity contribution < 1.29 is 10.2 Å². The van der Waals surface area contributed by atoms with E-state index >= 15 is 0 Å². The van der Waals surface area contributed by atoms with Crippen LogP contribution in [0, 0.1) is 5.92 Å². The molecule has 2 heteroatoms. The van der Waals surface area contributed by atoms with E-state index in [0.717, 1.165) is 38.5 Å². The Kier molecular flexibility index (Phi) is 3.74. The van der Waals surface area contributed by atoms with Crippen molar-refractivity contribution in [2.45, 2.75) is 64.1 Å². The lowest BCUT2D eigenvalue weighted by Gasteiger charge is -2.32. The summed E-state index contributed by atoms with van der Waals surface area (Å²) in [6.07, 6.45) is 5.25. The molecule has 0 amide bonds. The van der Waals surface area contributed by atoms with Gasteiger partial charge in [0.15, 0.2) is 0 Å². The van der Waals surface area contributed by atoms with Crippen molar-refractivity contribution in [2.24, 2.45) is 5.92 Å². The van der Waals surface area contributed by atoms with Crippen molar-refractivity contribution >= 4 is 0 Å². The van der Waals surface area contributed by atoms with E-state index in [0.29, 0.717) is 0 Å². The molecule has 0 aromatic carbocycles. The molecule has 13 heavy (non-hydrogen) atoms. The molecule has 0 saturated heterocycles. The van der Waals surface area contributed by atoms with Crippen LogP contribution in [0.25, 0.3) is 0 Å². The zero-order valence-corrected chi connectivity index (χ0v) is 8.79. The first-order valence-electron chi connectivity index (χ1n) is 5.50. The highest BCUT2D eigenvalue weighted by Gasteiger charge is 2.40. The van der Waals surface area contributed by atoms with Crippen LogP contribution in [0.4, 0.5) is 0 Å². The van der Waals surface area contributed by atoms with E-state index in [1.807, 2.05) is 6.92 Å². The highest BCUT2D eigenvalue weighted by atomic mass is 16.3. The summed E-state index contributed by atoms with van der Waals surface area (Å²) in [7, 11) is 0. The van der Waals surface area contributed by atoms with Crippen LogP contribution in [0.1, 0.15) is 52.4 Å². The maximum Gasteiger partial charge on any atom is 0.0908 e. The van der Waals surface area contributed by atoms with Gasteiger partial charge in [0.2, 0.25) is 0 Å². The van der Waals surface area contributed by atoms with Gasteiger partial charge in [0.25, 0.3) is 0 Å². The Balaban J connectivity index is 2.49. The summed E-state index contributed by atoms with van der Waals surface area (Å²) in [5.74, 6) is 0.230. The zero-order valence-electron chi connectivity index (χ0n) is 8.79. The lowest BCUT2D eigenvalue weighted by Crippen LogP contribution is -2.43. The van der Waals surface area contributed by atoms with Gasteiger partial charge in [-0.25, -0.2) is 0 Å². The Hall–Kier alpha value is -0.0800.